The Morgan fingerprint density at radius 3 is 2.52 bits per heavy atom. The molecule has 158 valence electrons. The van der Waals surface area contributed by atoms with E-state index in [9.17, 15) is 0 Å². The standard InChI is InChI=1S/C30H25BN2/c1-20-9-2-5-13-26(20)33-28-15-7-4-12-23(28)25-17-16-24-22-11-3-6-14-27(22)32(29(24)30(25)33)21-10-8-18-31-19-21/h2-18,25,30-31H,19H2,1H3. The molecule has 0 saturated carbocycles. The van der Waals surface area contributed by atoms with Crippen LogP contribution in [0.2, 0.25) is 6.32 Å². The summed E-state index contributed by atoms with van der Waals surface area (Å²) in [6.07, 6.45) is 10.4. The lowest BCUT2D eigenvalue weighted by molar-refractivity contribution is 0.637. The maximum atomic E-state index is 2.60. The van der Waals surface area contributed by atoms with Crippen LogP contribution in [0.5, 0.6) is 0 Å². The molecule has 2 unspecified atom stereocenters. The van der Waals surface area contributed by atoms with Gasteiger partial charge in [0.2, 0.25) is 0 Å². The number of hydrogen-bond donors (Lipinski definition) is 0. The minimum Gasteiger partial charge on any atom is -0.331 e. The van der Waals surface area contributed by atoms with E-state index < -0.39 is 0 Å². The minimum atomic E-state index is 0.225. The highest BCUT2D eigenvalue weighted by molar-refractivity contribution is 6.45. The van der Waals surface area contributed by atoms with Gasteiger partial charge in [-0.1, -0.05) is 72.8 Å². The predicted molar refractivity (Wildman–Crippen MR) is 142 cm³/mol. The fourth-order valence-electron chi connectivity index (χ4n) is 6.12. The molecule has 0 N–H and O–H groups in total. The molecule has 1 aliphatic carbocycles. The van der Waals surface area contributed by atoms with Crippen molar-refractivity contribution in [2.75, 3.05) is 4.90 Å². The van der Waals surface area contributed by atoms with Crippen LogP contribution in [0, 0.1) is 6.92 Å². The third-order valence-electron chi connectivity index (χ3n) is 7.53. The van der Waals surface area contributed by atoms with E-state index in [0.717, 1.165) is 13.6 Å². The number of aryl methyl sites for hydroxylation is 1. The molecule has 2 aliphatic heterocycles. The molecule has 33 heavy (non-hydrogen) atoms. The van der Waals surface area contributed by atoms with Crippen LogP contribution in [-0.4, -0.2) is 11.8 Å². The van der Waals surface area contributed by atoms with Crippen LogP contribution in [-0.2, 0) is 0 Å². The summed E-state index contributed by atoms with van der Waals surface area (Å²) in [5, 5.41) is 1.35. The molecule has 0 spiro atoms. The van der Waals surface area contributed by atoms with E-state index >= 15 is 0 Å². The van der Waals surface area contributed by atoms with Gasteiger partial charge in [-0.25, -0.2) is 0 Å². The lowest BCUT2D eigenvalue weighted by Gasteiger charge is -2.34. The van der Waals surface area contributed by atoms with Crippen molar-refractivity contribution in [2.45, 2.75) is 25.2 Å². The van der Waals surface area contributed by atoms with Crippen LogP contribution < -0.4 is 4.90 Å². The Hall–Kier alpha value is -3.72. The van der Waals surface area contributed by atoms with E-state index in [-0.39, 0.29) is 6.04 Å². The summed E-state index contributed by atoms with van der Waals surface area (Å²) < 4.78 is 2.58. The molecular weight excluding hydrogens is 399 g/mol. The first-order valence-corrected chi connectivity index (χ1v) is 11.9. The van der Waals surface area contributed by atoms with Crippen LogP contribution in [0.15, 0.2) is 97.0 Å². The molecule has 3 aliphatic rings. The molecule has 0 saturated heterocycles. The van der Waals surface area contributed by atoms with Crippen LogP contribution in [0.1, 0.15) is 34.3 Å². The second-order valence-corrected chi connectivity index (χ2v) is 9.32. The zero-order valence-corrected chi connectivity index (χ0v) is 18.8. The summed E-state index contributed by atoms with van der Waals surface area (Å²) >= 11 is 0. The van der Waals surface area contributed by atoms with Crippen molar-refractivity contribution >= 4 is 41.3 Å². The lowest BCUT2D eigenvalue weighted by atomic mass is 9.70. The molecule has 0 amide bonds. The van der Waals surface area contributed by atoms with Crippen molar-refractivity contribution in [3.8, 4) is 0 Å². The molecule has 2 atom stereocenters. The highest BCUT2D eigenvalue weighted by Gasteiger charge is 2.44. The van der Waals surface area contributed by atoms with Crippen molar-refractivity contribution < 1.29 is 0 Å². The Morgan fingerprint density at radius 2 is 1.67 bits per heavy atom. The SMILES string of the molecule is Cc1ccccc1N1c2ccccc2C2C=Cc3c(n(C4=CC=CBC4)c4ccccc34)C21. The number of para-hydroxylation sites is 3. The second-order valence-electron chi connectivity index (χ2n) is 9.32. The Bertz CT molecular complexity index is 1500. The number of aromatic nitrogens is 1. The van der Waals surface area contributed by atoms with Gasteiger partial charge in [-0.15, -0.1) is 5.98 Å². The summed E-state index contributed by atoms with van der Waals surface area (Å²) in [6, 6.07) is 26.9. The molecule has 3 aromatic carbocycles. The molecule has 3 heteroatoms. The number of allylic oxidation sites excluding steroid dienone is 3. The van der Waals surface area contributed by atoms with Crippen molar-refractivity contribution in [1.82, 2.24) is 4.57 Å². The zero-order chi connectivity index (χ0) is 21.9. The maximum Gasteiger partial charge on any atom is 0.154 e. The van der Waals surface area contributed by atoms with Gasteiger partial charge in [0, 0.05) is 33.9 Å². The third kappa shape index (κ3) is 2.62. The summed E-state index contributed by atoms with van der Waals surface area (Å²) in [5.74, 6) is 2.60. The number of benzene rings is 3. The molecule has 4 aromatic rings. The summed E-state index contributed by atoms with van der Waals surface area (Å²) in [7, 11) is 1.10. The summed E-state index contributed by atoms with van der Waals surface area (Å²) in [6.45, 7) is 2.23. The van der Waals surface area contributed by atoms with E-state index in [1.807, 2.05) is 0 Å². The normalized spacial score (nSPS) is 20.3. The zero-order valence-electron chi connectivity index (χ0n) is 18.8. The predicted octanol–water partition coefficient (Wildman–Crippen LogP) is 7.18. The van der Waals surface area contributed by atoms with Gasteiger partial charge in [0.25, 0.3) is 0 Å². The van der Waals surface area contributed by atoms with E-state index in [4.69, 9.17) is 0 Å². The van der Waals surface area contributed by atoms with Crippen molar-refractivity contribution in [1.29, 1.82) is 0 Å². The smallest absolute Gasteiger partial charge is 0.154 e. The highest BCUT2D eigenvalue weighted by atomic mass is 15.2. The van der Waals surface area contributed by atoms with Crippen LogP contribution in [0.4, 0.5) is 11.4 Å². The summed E-state index contributed by atoms with van der Waals surface area (Å²) in [5.41, 5.74) is 10.9. The number of fused-ring (bicyclic) bond motifs is 7. The maximum absolute atomic E-state index is 2.60. The van der Waals surface area contributed by atoms with Gasteiger partial charge < -0.3 is 9.47 Å². The average Bonchev–Trinajstić information content (AvgIpc) is 3.38. The van der Waals surface area contributed by atoms with Crippen molar-refractivity contribution in [2.24, 2.45) is 0 Å². The van der Waals surface area contributed by atoms with Gasteiger partial charge in [-0.2, -0.15) is 0 Å². The van der Waals surface area contributed by atoms with Crippen LogP contribution >= 0.6 is 0 Å². The van der Waals surface area contributed by atoms with E-state index in [1.165, 1.54) is 50.4 Å². The summed E-state index contributed by atoms with van der Waals surface area (Å²) in [4.78, 5) is 2.60. The third-order valence-corrected chi connectivity index (χ3v) is 7.53. The minimum absolute atomic E-state index is 0.225. The van der Waals surface area contributed by atoms with Gasteiger partial charge in [0.1, 0.15) is 0 Å². The molecule has 7 rings (SSSR count). The number of nitrogens with zero attached hydrogens (tertiary/aromatic N) is 2. The molecule has 0 fully saturated rings. The monoisotopic (exact) mass is 424 g/mol. The van der Waals surface area contributed by atoms with E-state index in [2.05, 4.69) is 119 Å². The first-order valence-electron chi connectivity index (χ1n) is 11.9. The van der Waals surface area contributed by atoms with Gasteiger partial charge in [-0.05, 0) is 48.6 Å². The average molecular weight is 424 g/mol. The number of hydrogen-bond acceptors (Lipinski definition) is 1. The van der Waals surface area contributed by atoms with Crippen molar-refractivity contribution in [3.05, 3.63) is 119 Å². The molecular formula is C30H25BN2. The molecule has 3 heterocycles. The fourth-order valence-corrected chi connectivity index (χ4v) is 6.12. The first-order chi connectivity index (χ1) is 16.3. The Kier molecular flexibility index (Phi) is 4.07. The van der Waals surface area contributed by atoms with Gasteiger partial charge in [0.05, 0.1) is 17.3 Å². The van der Waals surface area contributed by atoms with Crippen molar-refractivity contribution in [3.63, 3.8) is 0 Å². The lowest BCUT2D eigenvalue weighted by Crippen LogP contribution is -2.27. The number of anilines is 2. The van der Waals surface area contributed by atoms with Gasteiger partial charge in [-0.3, -0.25) is 0 Å². The quantitative estimate of drug-likeness (QED) is 0.310. The second kappa shape index (κ2) is 7.15. The molecule has 2 nitrogen and oxygen atoms in total. The molecule has 1 aromatic heterocycles. The Labute approximate surface area is 195 Å². The topological polar surface area (TPSA) is 8.17 Å². The van der Waals surface area contributed by atoms with E-state index in [0.29, 0.717) is 5.92 Å². The van der Waals surface area contributed by atoms with Gasteiger partial charge in [0.15, 0.2) is 7.28 Å². The highest BCUT2D eigenvalue weighted by Crippen LogP contribution is 2.57. The molecule has 0 bridgehead atoms. The van der Waals surface area contributed by atoms with Crippen LogP contribution in [0.3, 0.4) is 0 Å². The fraction of sp³-hybridized carbons (Fsp3) is 0.133. The van der Waals surface area contributed by atoms with Crippen LogP contribution in [0.25, 0.3) is 22.7 Å². The Balaban J connectivity index is 1.56. The first kappa shape index (κ1) is 18.8. The molecule has 0 radical (unpaired) electrons. The largest absolute Gasteiger partial charge is 0.331 e. The Morgan fingerprint density at radius 1 is 0.879 bits per heavy atom. The van der Waals surface area contributed by atoms with Gasteiger partial charge >= 0.3 is 0 Å². The van der Waals surface area contributed by atoms with E-state index in [1.54, 1.807) is 0 Å². The number of rotatable bonds is 2.